The Balaban J connectivity index is 1.37. The predicted octanol–water partition coefficient (Wildman–Crippen LogP) is 3.64. The standard InChI is InChI=1S/C24H22FN7O/c25-18-4-1-15(2-5-18)24(33)30-22-12-17-11-16(3-6-20(17)31-32-22)21-13-27-14-23(29-21)28-19-7-9-26-10-8-19/h1-6,11-14,19,26H,7-10H2,(H,28,29)(H,30,32,33). The van der Waals surface area contributed by atoms with Crippen LogP contribution in [0.5, 0.6) is 0 Å². The van der Waals surface area contributed by atoms with E-state index in [1.807, 2.05) is 18.2 Å². The highest BCUT2D eigenvalue weighted by molar-refractivity contribution is 6.04. The molecule has 0 bridgehead atoms. The Kier molecular flexibility index (Phi) is 5.86. The zero-order valence-electron chi connectivity index (χ0n) is 17.8. The van der Waals surface area contributed by atoms with Crippen LogP contribution >= 0.6 is 0 Å². The van der Waals surface area contributed by atoms with E-state index in [1.165, 1.54) is 24.3 Å². The zero-order valence-corrected chi connectivity index (χ0v) is 17.8. The number of carbonyl (C=O) groups excluding carboxylic acids is 1. The number of amides is 1. The normalized spacial score (nSPS) is 14.2. The SMILES string of the molecule is O=C(Nc1cc2cc(-c3cncc(NC4CCNCC4)n3)ccc2nn1)c1ccc(F)cc1. The lowest BCUT2D eigenvalue weighted by Crippen LogP contribution is -2.35. The van der Waals surface area contributed by atoms with Gasteiger partial charge < -0.3 is 16.0 Å². The van der Waals surface area contributed by atoms with Crippen molar-refractivity contribution in [1.29, 1.82) is 0 Å². The van der Waals surface area contributed by atoms with Crippen LogP contribution in [0.1, 0.15) is 23.2 Å². The molecule has 3 N–H and O–H groups in total. The molecule has 1 aliphatic rings. The van der Waals surface area contributed by atoms with Gasteiger partial charge in [-0.1, -0.05) is 6.07 Å². The van der Waals surface area contributed by atoms with Crippen molar-refractivity contribution < 1.29 is 9.18 Å². The van der Waals surface area contributed by atoms with Crippen LogP contribution in [-0.4, -0.2) is 45.2 Å². The number of nitrogens with zero attached hydrogens (tertiary/aromatic N) is 4. The Labute approximate surface area is 189 Å². The minimum atomic E-state index is -0.400. The van der Waals surface area contributed by atoms with E-state index in [0.29, 0.717) is 22.9 Å². The van der Waals surface area contributed by atoms with Crippen molar-refractivity contribution in [2.75, 3.05) is 23.7 Å². The van der Waals surface area contributed by atoms with Gasteiger partial charge in [-0.05, 0) is 68.4 Å². The Morgan fingerprint density at radius 3 is 2.61 bits per heavy atom. The quantitative estimate of drug-likeness (QED) is 0.433. The largest absolute Gasteiger partial charge is 0.366 e. The van der Waals surface area contributed by atoms with Gasteiger partial charge in [0.1, 0.15) is 11.6 Å². The third-order valence-electron chi connectivity index (χ3n) is 5.55. The molecule has 9 heteroatoms. The maximum Gasteiger partial charge on any atom is 0.256 e. The van der Waals surface area contributed by atoms with Gasteiger partial charge in [0, 0.05) is 22.6 Å². The number of halogens is 1. The summed E-state index contributed by atoms with van der Waals surface area (Å²) in [6.45, 7) is 1.99. The van der Waals surface area contributed by atoms with E-state index >= 15 is 0 Å². The number of benzene rings is 2. The van der Waals surface area contributed by atoms with Crippen molar-refractivity contribution in [3.8, 4) is 11.3 Å². The molecular formula is C24H22FN7O. The molecule has 0 saturated carbocycles. The highest BCUT2D eigenvalue weighted by Gasteiger charge is 2.14. The van der Waals surface area contributed by atoms with Gasteiger partial charge in [0.2, 0.25) is 0 Å². The van der Waals surface area contributed by atoms with Gasteiger partial charge in [-0.25, -0.2) is 9.37 Å². The maximum atomic E-state index is 13.1. The molecule has 8 nitrogen and oxygen atoms in total. The first-order valence-electron chi connectivity index (χ1n) is 10.8. The maximum absolute atomic E-state index is 13.1. The second-order valence-electron chi connectivity index (χ2n) is 7.92. The summed E-state index contributed by atoms with van der Waals surface area (Å²) in [4.78, 5) is 21.5. The second-order valence-corrected chi connectivity index (χ2v) is 7.92. The zero-order chi connectivity index (χ0) is 22.6. The third kappa shape index (κ3) is 4.93. The van der Waals surface area contributed by atoms with Crippen LogP contribution in [0.25, 0.3) is 22.2 Å². The van der Waals surface area contributed by atoms with E-state index in [2.05, 4.69) is 31.1 Å². The van der Waals surface area contributed by atoms with Crippen LogP contribution in [0.3, 0.4) is 0 Å². The van der Waals surface area contributed by atoms with Crippen molar-refractivity contribution >= 4 is 28.4 Å². The van der Waals surface area contributed by atoms with Gasteiger partial charge in [-0.3, -0.25) is 9.78 Å². The summed E-state index contributed by atoms with van der Waals surface area (Å²) in [5.41, 5.74) is 2.65. The number of rotatable bonds is 5. The van der Waals surface area contributed by atoms with Crippen LogP contribution in [0.15, 0.2) is 60.9 Å². The molecule has 0 atom stereocenters. The van der Waals surface area contributed by atoms with Crippen LogP contribution in [0.2, 0.25) is 0 Å². The summed E-state index contributed by atoms with van der Waals surface area (Å²) in [6, 6.07) is 13.2. The monoisotopic (exact) mass is 443 g/mol. The van der Waals surface area contributed by atoms with Crippen molar-refractivity contribution in [3.05, 3.63) is 72.3 Å². The molecule has 3 heterocycles. The number of fused-ring (bicyclic) bond motifs is 1. The van der Waals surface area contributed by atoms with E-state index in [0.717, 1.165) is 48.4 Å². The van der Waals surface area contributed by atoms with Crippen LogP contribution in [0.4, 0.5) is 16.0 Å². The first-order valence-corrected chi connectivity index (χ1v) is 10.8. The summed E-state index contributed by atoms with van der Waals surface area (Å²) >= 11 is 0. The molecule has 4 aromatic rings. The number of nitrogens with one attached hydrogen (secondary N) is 3. The van der Waals surface area contributed by atoms with Gasteiger partial charge in [-0.15, -0.1) is 10.2 Å². The van der Waals surface area contributed by atoms with E-state index in [4.69, 9.17) is 4.98 Å². The topological polar surface area (TPSA) is 105 Å². The predicted molar refractivity (Wildman–Crippen MR) is 124 cm³/mol. The Morgan fingerprint density at radius 2 is 1.79 bits per heavy atom. The molecule has 1 aliphatic heterocycles. The molecule has 2 aromatic heterocycles. The van der Waals surface area contributed by atoms with Crippen LogP contribution < -0.4 is 16.0 Å². The molecule has 0 radical (unpaired) electrons. The van der Waals surface area contributed by atoms with Crippen LogP contribution in [-0.2, 0) is 0 Å². The fraction of sp³-hybridized carbons (Fsp3) is 0.208. The molecule has 1 saturated heterocycles. The Bertz CT molecular complexity index is 1290. The number of piperidine rings is 1. The summed E-state index contributed by atoms with van der Waals surface area (Å²) in [5, 5.41) is 18.6. The summed E-state index contributed by atoms with van der Waals surface area (Å²) in [7, 11) is 0. The minimum Gasteiger partial charge on any atom is -0.366 e. The number of carbonyl (C=O) groups is 1. The van der Waals surface area contributed by atoms with Gasteiger partial charge >= 0.3 is 0 Å². The van der Waals surface area contributed by atoms with E-state index in [9.17, 15) is 9.18 Å². The molecule has 166 valence electrons. The van der Waals surface area contributed by atoms with Crippen molar-refractivity contribution in [2.24, 2.45) is 0 Å². The first-order chi connectivity index (χ1) is 16.1. The second kappa shape index (κ2) is 9.25. The molecule has 5 rings (SSSR count). The summed E-state index contributed by atoms with van der Waals surface area (Å²) in [5.74, 6) is 0.269. The molecule has 0 unspecified atom stereocenters. The molecular weight excluding hydrogens is 421 g/mol. The number of hydrogen-bond donors (Lipinski definition) is 3. The summed E-state index contributed by atoms with van der Waals surface area (Å²) < 4.78 is 13.1. The van der Waals surface area contributed by atoms with Gasteiger partial charge in [0.05, 0.1) is 23.6 Å². The number of anilines is 2. The lowest BCUT2D eigenvalue weighted by Gasteiger charge is -2.24. The fourth-order valence-electron chi connectivity index (χ4n) is 3.81. The summed E-state index contributed by atoms with van der Waals surface area (Å²) in [6.07, 6.45) is 5.56. The molecule has 1 fully saturated rings. The van der Waals surface area contributed by atoms with E-state index < -0.39 is 5.82 Å². The van der Waals surface area contributed by atoms with Gasteiger partial charge in [0.15, 0.2) is 5.82 Å². The average molecular weight is 443 g/mol. The van der Waals surface area contributed by atoms with Crippen molar-refractivity contribution in [2.45, 2.75) is 18.9 Å². The van der Waals surface area contributed by atoms with Gasteiger partial charge in [0.25, 0.3) is 5.91 Å². The fourth-order valence-corrected chi connectivity index (χ4v) is 3.81. The third-order valence-corrected chi connectivity index (χ3v) is 5.55. The van der Waals surface area contributed by atoms with Crippen molar-refractivity contribution in [1.82, 2.24) is 25.5 Å². The van der Waals surface area contributed by atoms with E-state index in [1.54, 1.807) is 18.5 Å². The number of aromatic nitrogens is 4. The Morgan fingerprint density at radius 1 is 0.970 bits per heavy atom. The smallest absolute Gasteiger partial charge is 0.256 e. The first kappa shape index (κ1) is 20.9. The van der Waals surface area contributed by atoms with E-state index in [-0.39, 0.29) is 5.91 Å². The Hall–Kier alpha value is -3.98. The molecule has 1 amide bonds. The highest BCUT2D eigenvalue weighted by atomic mass is 19.1. The molecule has 0 aliphatic carbocycles. The molecule has 2 aromatic carbocycles. The molecule has 33 heavy (non-hydrogen) atoms. The highest BCUT2D eigenvalue weighted by Crippen LogP contribution is 2.24. The average Bonchev–Trinajstić information content (AvgIpc) is 2.85. The lowest BCUT2D eigenvalue weighted by atomic mass is 10.1. The minimum absolute atomic E-state index is 0.307. The van der Waals surface area contributed by atoms with Gasteiger partial charge in [-0.2, -0.15) is 0 Å². The van der Waals surface area contributed by atoms with Crippen LogP contribution in [0, 0.1) is 5.82 Å². The van der Waals surface area contributed by atoms with Crippen molar-refractivity contribution in [3.63, 3.8) is 0 Å². The molecule has 0 spiro atoms. The number of hydrogen-bond acceptors (Lipinski definition) is 7. The lowest BCUT2D eigenvalue weighted by molar-refractivity contribution is 0.102.